The minimum atomic E-state index is 0.894. The molecule has 2 aromatic carbocycles. The van der Waals surface area contributed by atoms with E-state index in [1.165, 1.54) is 22.2 Å². The van der Waals surface area contributed by atoms with E-state index in [0.717, 1.165) is 24.3 Å². The highest BCUT2D eigenvalue weighted by atomic mass is 15.1. The van der Waals surface area contributed by atoms with Crippen molar-refractivity contribution in [2.45, 2.75) is 33.7 Å². The standard InChI is InChI=1S/C18H20N2/c1-4-18-19-16-7-5-6-8-17(16)20(18)12-15-10-9-13(2)14(3)11-15/h5-11H,4,12H2,1-3H3. The van der Waals surface area contributed by atoms with Crippen LogP contribution in [0.4, 0.5) is 0 Å². The van der Waals surface area contributed by atoms with Crippen LogP contribution in [0.2, 0.25) is 0 Å². The first-order chi connectivity index (χ1) is 9.69. The normalized spacial score (nSPS) is 11.2. The van der Waals surface area contributed by atoms with Crippen molar-refractivity contribution in [3.8, 4) is 0 Å². The minimum absolute atomic E-state index is 0.894. The molecule has 2 nitrogen and oxygen atoms in total. The van der Waals surface area contributed by atoms with Gasteiger partial charge in [-0.05, 0) is 42.7 Å². The van der Waals surface area contributed by atoms with E-state index < -0.39 is 0 Å². The van der Waals surface area contributed by atoms with Gasteiger partial charge in [0.2, 0.25) is 0 Å². The van der Waals surface area contributed by atoms with E-state index in [4.69, 9.17) is 4.98 Å². The molecule has 1 heterocycles. The summed E-state index contributed by atoms with van der Waals surface area (Å²) in [6, 6.07) is 15.1. The summed E-state index contributed by atoms with van der Waals surface area (Å²) in [5, 5.41) is 0. The van der Waals surface area contributed by atoms with Crippen molar-refractivity contribution in [1.82, 2.24) is 9.55 Å². The molecule has 0 atom stereocenters. The zero-order valence-corrected chi connectivity index (χ0v) is 12.4. The van der Waals surface area contributed by atoms with Gasteiger partial charge >= 0.3 is 0 Å². The van der Waals surface area contributed by atoms with Crippen LogP contribution < -0.4 is 0 Å². The maximum absolute atomic E-state index is 4.73. The smallest absolute Gasteiger partial charge is 0.109 e. The molecule has 0 spiro atoms. The third-order valence-electron chi connectivity index (χ3n) is 3.96. The second-order valence-electron chi connectivity index (χ2n) is 5.38. The summed E-state index contributed by atoms with van der Waals surface area (Å²) in [7, 11) is 0. The molecule has 3 aromatic rings. The van der Waals surface area contributed by atoms with Gasteiger partial charge in [0.25, 0.3) is 0 Å². The van der Waals surface area contributed by atoms with Crippen molar-refractivity contribution in [1.29, 1.82) is 0 Å². The van der Waals surface area contributed by atoms with Gasteiger partial charge < -0.3 is 4.57 Å². The van der Waals surface area contributed by atoms with Crippen molar-refractivity contribution < 1.29 is 0 Å². The maximum Gasteiger partial charge on any atom is 0.109 e. The molecule has 0 saturated heterocycles. The zero-order chi connectivity index (χ0) is 14.1. The predicted molar refractivity (Wildman–Crippen MR) is 84.1 cm³/mol. The third-order valence-corrected chi connectivity index (χ3v) is 3.96. The molecule has 0 radical (unpaired) electrons. The monoisotopic (exact) mass is 264 g/mol. The fraction of sp³-hybridized carbons (Fsp3) is 0.278. The number of imidazole rings is 1. The predicted octanol–water partition coefficient (Wildman–Crippen LogP) is 4.26. The van der Waals surface area contributed by atoms with Crippen LogP contribution >= 0.6 is 0 Å². The number of nitrogens with zero attached hydrogens (tertiary/aromatic N) is 2. The largest absolute Gasteiger partial charge is 0.323 e. The molecule has 0 amide bonds. The van der Waals surface area contributed by atoms with Gasteiger partial charge in [-0.25, -0.2) is 4.98 Å². The van der Waals surface area contributed by atoms with E-state index in [1.54, 1.807) is 0 Å². The number of para-hydroxylation sites is 2. The maximum atomic E-state index is 4.73. The molecule has 0 aliphatic rings. The van der Waals surface area contributed by atoms with Crippen molar-refractivity contribution >= 4 is 11.0 Å². The summed E-state index contributed by atoms with van der Waals surface area (Å²) in [4.78, 5) is 4.73. The summed E-state index contributed by atoms with van der Waals surface area (Å²) >= 11 is 0. The van der Waals surface area contributed by atoms with Crippen molar-refractivity contribution in [2.75, 3.05) is 0 Å². The zero-order valence-electron chi connectivity index (χ0n) is 12.4. The van der Waals surface area contributed by atoms with Crippen LogP contribution in [0.15, 0.2) is 42.5 Å². The Morgan fingerprint density at radius 2 is 1.80 bits per heavy atom. The highest BCUT2D eigenvalue weighted by molar-refractivity contribution is 5.76. The lowest BCUT2D eigenvalue weighted by Crippen LogP contribution is -2.04. The molecule has 1 aromatic heterocycles. The Labute approximate surface area is 120 Å². The van der Waals surface area contributed by atoms with Crippen LogP contribution in [-0.4, -0.2) is 9.55 Å². The lowest BCUT2D eigenvalue weighted by molar-refractivity contribution is 0.752. The van der Waals surface area contributed by atoms with Crippen LogP contribution in [0.25, 0.3) is 11.0 Å². The van der Waals surface area contributed by atoms with E-state index in [2.05, 4.69) is 67.8 Å². The summed E-state index contributed by atoms with van der Waals surface area (Å²) in [5.41, 5.74) is 6.35. The van der Waals surface area contributed by atoms with Crippen LogP contribution in [0.3, 0.4) is 0 Å². The molecule has 3 rings (SSSR count). The molecule has 20 heavy (non-hydrogen) atoms. The van der Waals surface area contributed by atoms with Crippen molar-refractivity contribution in [3.05, 3.63) is 65.0 Å². The van der Waals surface area contributed by atoms with E-state index in [0.29, 0.717) is 0 Å². The Morgan fingerprint density at radius 1 is 1.00 bits per heavy atom. The average molecular weight is 264 g/mol. The highest BCUT2D eigenvalue weighted by Crippen LogP contribution is 2.19. The lowest BCUT2D eigenvalue weighted by atomic mass is 10.1. The molecular formula is C18H20N2. The summed E-state index contributed by atoms with van der Waals surface area (Å²) in [6.45, 7) is 7.39. The summed E-state index contributed by atoms with van der Waals surface area (Å²) < 4.78 is 2.33. The van der Waals surface area contributed by atoms with Crippen LogP contribution in [0.5, 0.6) is 0 Å². The molecule has 0 saturated carbocycles. The van der Waals surface area contributed by atoms with Crippen LogP contribution in [0, 0.1) is 13.8 Å². The van der Waals surface area contributed by atoms with Crippen molar-refractivity contribution in [2.24, 2.45) is 0 Å². The first-order valence-electron chi connectivity index (χ1n) is 7.19. The Morgan fingerprint density at radius 3 is 2.55 bits per heavy atom. The molecule has 0 fully saturated rings. The van der Waals surface area contributed by atoms with Crippen LogP contribution in [-0.2, 0) is 13.0 Å². The fourth-order valence-electron chi connectivity index (χ4n) is 2.66. The van der Waals surface area contributed by atoms with Gasteiger partial charge in [-0.1, -0.05) is 37.3 Å². The number of aromatic nitrogens is 2. The van der Waals surface area contributed by atoms with E-state index in [9.17, 15) is 0 Å². The van der Waals surface area contributed by atoms with Gasteiger partial charge in [0, 0.05) is 13.0 Å². The minimum Gasteiger partial charge on any atom is -0.323 e. The van der Waals surface area contributed by atoms with Gasteiger partial charge in [-0.3, -0.25) is 0 Å². The SMILES string of the molecule is CCc1nc2ccccc2n1Cc1ccc(C)c(C)c1. The van der Waals surface area contributed by atoms with E-state index in [1.807, 2.05) is 0 Å². The first-order valence-corrected chi connectivity index (χ1v) is 7.19. The molecule has 2 heteroatoms. The number of aryl methyl sites for hydroxylation is 3. The second kappa shape index (κ2) is 5.12. The Kier molecular flexibility index (Phi) is 3.31. The fourth-order valence-corrected chi connectivity index (χ4v) is 2.66. The van der Waals surface area contributed by atoms with Gasteiger partial charge in [-0.15, -0.1) is 0 Å². The van der Waals surface area contributed by atoms with Crippen molar-refractivity contribution in [3.63, 3.8) is 0 Å². The molecule has 0 N–H and O–H groups in total. The van der Waals surface area contributed by atoms with E-state index >= 15 is 0 Å². The van der Waals surface area contributed by atoms with E-state index in [-0.39, 0.29) is 0 Å². The molecule has 0 bridgehead atoms. The second-order valence-corrected chi connectivity index (χ2v) is 5.38. The van der Waals surface area contributed by atoms with Gasteiger partial charge in [0.05, 0.1) is 11.0 Å². The number of hydrogen-bond donors (Lipinski definition) is 0. The molecule has 0 aliphatic carbocycles. The van der Waals surface area contributed by atoms with Gasteiger partial charge in [-0.2, -0.15) is 0 Å². The number of fused-ring (bicyclic) bond motifs is 1. The summed E-state index contributed by atoms with van der Waals surface area (Å²) in [6.07, 6.45) is 0.958. The first kappa shape index (κ1) is 12.9. The summed E-state index contributed by atoms with van der Waals surface area (Å²) in [5.74, 6) is 1.16. The molecule has 0 aliphatic heterocycles. The van der Waals surface area contributed by atoms with Gasteiger partial charge in [0.1, 0.15) is 5.82 Å². The molecule has 102 valence electrons. The van der Waals surface area contributed by atoms with Gasteiger partial charge in [0.15, 0.2) is 0 Å². The number of rotatable bonds is 3. The quantitative estimate of drug-likeness (QED) is 0.691. The molecular weight excluding hydrogens is 244 g/mol. The highest BCUT2D eigenvalue weighted by Gasteiger charge is 2.09. The van der Waals surface area contributed by atoms with Crippen LogP contribution in [0.1, 0.15) is 29.4 Å². The lowest BCUT2D eigenvalue weighted by Gasteiger charge is -2.10. The molecule has 0 unspecified atom stereocenters. The Hall–Kier alpha value is -2.09. The topological polar surface area (TPSA) is 17.8 Å². The number of hydrogen-bond acceptors (Lipinski definition) is 1. The third kappa shape index (κ3) is 2.22. The Balaban J connectivity index is 2.07. The Bertz CT molecular complexity index is 753. The number of benzene rings is 2. The average Bonchev–Trinajstić information content (AvgIpc) is 2.81.